The molecule has 0 aliphatic carbocycles. The number of carbonyl (C=O) groups is 1. The Bertz CT molecular complexity index is 1060. The number of hydrogen-bond donors (Lipinski definition) is 2. The van der Waals surface area contributed by atoms with Crippen molar-refractivity contribution in [1.82, 2.24) is 20.1 Å². The van der Waals surface area contributed by atoms with Crippen LogP contribution in [0.25, 0.3) is 11.3 Å². The van der Waals surface area contributed by atoms with E-state index >= 15 is 0 Å². The molecule has 154 valence electrons. The first-order chi connectivity index (χ1) is 14.5. The SMILES string of the molecule is O=C(Nc1c(-c2ccn[nH]2)ccnc1N1CCC(F)(P)C1)N1Cc2ccccc2C1. The van der Waals surface area contributed by atoms with E-state index in [9.17, 15) is 9.18 Å². The number of aromatic nitrogens is 3. The summed E-state index contributed by atoms with van der Waals surface area (Å²) in [7, 11) is 2.28. The number of alkyl halides is 1. The third-order valence-corrected chi connectivity index (χ3v) is 6.10. The van der Waals surface area contributed by atoms with Gasteiger partial charge in [0.2, 0.25) is 0 Å². The van der Waals surface area contributed by atoms with Gasteiger partial charge in [0, 0.05) is 44.0 Å². The third kappa shape index (κ3) is 3.52. The van der Waals surface area contributed by atoms with Crippen molar-refractivity contribution in [3.05, 3.63) is 59.9 Å². The number of hydrogen-bond acceptors (Lipinski definition) is 4. The minimum absolute atomic E-state index is 0.203. The molecule has 0 spiro atoms. The lowest BCUT2D eigenvalue weighted by atomic mass is 10.1. The Balaban J connectivity index is 1.48. The van der Waals surface area contributed by atoms with Crippen LogP contribution in [0.1, 0.15) is 17.5 Å². The molecule has 1 saturated heterocycles. The molecule has 2 amide bonds. The van der Waals surface area contributed by atoms with Crippen LogP contribution in [-0.4, -0.2) is 44.6 Å². The van der Waals surface area contributed by atoms with Crippen LogP contribution in [-0.2, 0) is 13.1 Å². The molecule has 9 heteroatoms. The maximum absolute atomic E-state index is 14.5. The Hall–Kier alpha value is -2.99. The molecule has 4 heterocycles. The van der Waals surface area contributed by atoms with E-state index < -0.39 is 5.41 Å². The van der Waals surface area contributed by atoms with Gasteiger partial charge in [-0.25, -0.2) is 14.2 Å². The zero-order valence-corrected chi connectivity index (χ0v) is 17.5. The first kappa shape index (κ1) is 19.0. The number of benzene rings is 1. The highest BCUT2D eigenvalue weighted by atomic mass is 31.0. The lowest BCUT2D eigenvalue weighted by Gasteiger charge is -2.24. The summed E-state index contributed by atoms with van der Waals surface area (Å²) >= 11 is 0. The summed E-state index contributed by atoms with van der Waals surface area (Å²) < 4.78 is 14.5. The Kier molecular flexibility index (Phi) is 4.66. The minimum Gasteiger partial charge on any atom is -0.351 e. The molecule has 1 fully saturated rings. The number of anilines is 2. The van der Waals surface area contributed by atoms with E-state index in [4.69, 9.17) is 0 Å². The van der Waals surface area contributed by atoms with E-state index in [0.717, 1.165) is 22.4 Å². The number of fused-ring (bicyclic) bond motifs is 1. The van der Waals surface area contributed by atoms with E-state index in [2.05, 4.69) is 29.7 Å². The van der Waals surface area contributed by atoms with Crippen LogP contribution in [0.15, 0.2) is 48.8 Å². The van der Waals surface area contributed by atoms with Crippen LogP contribution in [0.5, 0.6) is 0 Å². The fourth-order valence-electron chi connectivity index (χ4n) is 4.08. The predicted octanol–water partition coefficient (Wildman–Crippen LogP) is 3.77. The van der Waals surface area contributed by atoms with Gasteiger partial charge < -0.3 is 15.1 Å². The zero-order chi connectivity index (χ0) is 20.7. The third-order valence-electron chi connectivity index (χ3n) is 5.63. The van der Waals surface area contributed by atoms with Gasteiger partial charge >= 0.3 is 6.03 Å². The lowest BCUT2D eigenvalue weighted by molar-refractivity contribution is 0.212. The van der Waals surface area contributed by atoms with Gasteiger partial charge in [0.05, 0.1) is 17.9 Å². The first-order valence-corrected chi connectivity index (χ1v) is 10.4. The number of halogens is 1. The average Bonchev–Trinajstić information content (AvgIpc) is 3.47. The summed E-state index contributed by atoms with van der Waals surface area (Å²) in [5, 5.41) is 8.67. The van der Waals surface area contributed by atoms with E-state index in [-0.39, 0.29) is 12.6 Å². The van der Waals surface area contributed by atoms with Crippen molar-refractivity contribution in [2.45, 2.75) is 24.9 Å². The molecule has 2 unspecified atom stereocenters. The van der Waals surface area contributed by atoms with E-state index in [0.29, 0.717) is 37.6 Å². The number of urea groups is 1. The molecular formula is C21H22FN6OP. The Morgan fingerprint density at radius 3 is 2.57 bits per heavy atom. The molecule has 1 aromatic carbocycles. The number of rotatable bonds is 3. The van der Waals surface area contributed by atoms with Gasteiger partial charge in [-0.2, -0.15) is 5.10 Å². The molecule has 0 saturated carbocycles. The molecule has 30 heavy (non-hydrogen) atoms. The van der Waals surface area contributed by atoms with E-state index in [1.807, 2.05) is 41.3 Å². The number of aromatic amines is 1. The van der Waals surface area contributed by atoms with Crippen LogP contribution in [0, 0.1) is 0 Å². The largest absolute Gasteiger partial charge is 0.351 e. The van der Waals surface area contributed by atoms with Gasteiger partial charge in [-0.05, 0) is 23.3 Å². The zero-order valence-electron chi connectivity index (χ0n) is 16.3. The maximum Gasteiger partial charge on any atom is 0.322 e. The smallest absolute Gasteiger partial charge is 0.322 e. The van der Waals surface area contributed by atoms with Crippen molar-refractivity contribution in [2.75, 3.05) is 23.3 Å². The number of carbonyl (C=O) groups excluding carboxylic acids is 1. The second kappa shape index (κ2) is 7.36. The van der Waals surface area contributed by atoms with Gasteiger partial charge in [0.25, 0.3) is 0 Å². The highest BCUT2D eigenvalue weighted by Crippen LogP contribution is 2.40. The van der Waals surface area contributed by atoms with Crippen LogP contribution < -0.4 is 10.2 Å². The molecule has 0 radical (unpaired) electrons. The Labute approximate surface area is 175 Å². The Morgan fingerprint density at radius 1 is 1.17 bits per heavy atom. The standard InChI is InChI=1S/C21H22FN6OP/c22-21(30)7-10-27(13-21)19-18(16(5-8-23-19)17-6-9-24-26-17)25-20(29)28-11-14-3-1-2-4-15(14)12-28/h1-6,8-9H,7,10-13,30H2,(H,24,26)(H,25,29). The van der Waals surface area contributed by atoms with Crippen LogP contribution in [0.2, 0.25) is 0 Å². The fourth-order valence-corrected chi connectivity index (χ4v) is 4.43. The molecule has 7 nitrogen and oxygen atoms in total. The topological polar surface area (TPSA) is 77.1 Å². The molecule has 0 bridgehead atoms. The molecule has 2 aromatic heterocycles. The molecule has 5 rings (SSSR count). The highest BCUT2D eigenvalue weighted by molar-refractivity contribution is 7.18. The fraction of sp³-hybridized carbons (Fsp3) is 0.286. The van der Waals surface area contributed by atoms with Crippen molar-refractivity contribution in [3.63, 3.8) is 0 Å². The van der Waals surface area contributed by atoms with E-state index in [1.54, 1.807) is 17.3 Å². The minimum atomic E-state index is -1.36. The lowest BCUT2D eigenvalue weighted by Crippen LogP contribution is -2.32. The molecule has 2 aliphatic heterocycles. The average molecular weight is 424 g/mol. The van der Waals surface area contributed by atoms with Crippen molar-refractivity contribution < 1.29 is 9.18 Å². The van der Waals surface area contributed by atoms with Gasteiger partial charge in [-0.15, -0.1) is 0 Å². The van der Waals surface area contributed by atoms with Gasteiger partial charge in [0.1, 0.15) is 5.41 Å². The maximum atomic E-state index is 14.5. The second-order valence-electron chi connectivity index (χ2n) is 7.79. The summed E-state index contributed by atoms with van der Waals surface area (Å²) in [6, 6.07) is 11.5. The predicted molar refractivity (Wildman–Crippen MR) is 117 cm³/mol. The monoisotopic (exact) mass is 424 g/mol. The highest BCUT2D eigenvalue weighted by Gasteiger charge is 2.36. The molecule has 2 atom stereocenters. The summed E-state index contributed by atoms with van der Waals surface area (Å²) in [6.45, 7) is 1.84. The summed E-state index contributed by atoms with van der Waals surface area (Å²) in [5.74, 6) is 0.564. The number of pyridine rings is 1. The molecule has 2 aliphatic rings. The summed E-state index contributed by atoms with van der Waals surface area (Å²) in [4.78, 5) is 21.3. The normalized spacial score (nSPS) is 20.5. The second-order valence-corrected chi connectivity index (χ2v) is 8.82. The van der Waals surface area contributed by atoms with Crippen molar-refractivity contribution >= 4 is 26.8 Å². The van der Waals surface area contributed by atoms with Crippen molar-refractivity contribution in [1.29, 1.82) is 0 Å². The molecule has 3 aromatic rings. The number of nitrogens with one attached hydrogen (secondary N) is 2. The van der Waals surface area contributed by atoms with Crippen molar-refractivity contribution in [2.24, 2.45) is 0 Å². The van der Waals surface area contributed by atoms with Gasteiger partial charge in [-0.3, -0.25) is 5.10 Å². The van der Waals surface area contributed by atoms with Crippen molar-refractivity contribution in [3.8, 4) is 11.3 Å². The van der Waals surface area contributed by atoms with Crippen LogP contribution in [0.4, 0.5) is 20.7 Å². The molecule has 2 N–H and O–H groups in total. The first-order valence-electron chi connectivity index (χ1n) is 9.84. The quantitative estimate of drug-likeness (QED) is 0.628. The van der Waals surface area contributed by atoms with E-state index in [1.165, 1.54) is 0 Å². The number of H-pyrrole nitrogens is 1. The van der Waals surface area contributed by atoms with Crippen LogP contribution in [0.3, 0.4) is 0 Å². The number of nitrogens with zero attached hydrogens (tertiary/aromatic N) is 4. The number of amides is 2. The van der Waals surface area contributed by atoms with Crippen LogP contribution >= 0.6 is 9.24 Å². The summed E-state index contributed by atoms with van der Waals surface area (Å²) in [6.07, 6.45) is 3.72. The Morgan fingerprint density at radius 2 is 1.93 bits per heavy atom. The summed E-state index contributed by atoms with van der Waals surface area (Å²) in [5.41, 5.74) is 4.39. The van der Waals surface area contributed by atoms with Gasteiger partial charge in [-0.1, -0.05) is 33.5 Å². The van der Waals surface area contributed by atoms with Gasteiger partial charge in [0.15, 0.2) is 5.82 Å². The molecular weight excluding hydrogens is 402 g/mol.